The number of hydrogen-bond acceptors (Lipinski definition) is 0. The molecule has 0 unspecified atom stereocenters. The molecule has 0 saturated heterocycles. The minimum Gasteiger partial charge on any atom is -0.0622 e. The van der Waals surface area contributed by atoms with Crippen LogP contribution < -0.4 is 0 Å². The van der Waals surface area contributed by atoms with Gasteiger partial charge in [-0.15, -0.1) is 0 Å². The van der Waals surface area contributed by atoms with Gasteiger partial charge < -0.3 is 0 Å². The first kappa shape index (κ1) is 35.6. The fraction of sp³-hybridized carbons (Fsp3) is 0.222. The summed E-state index contributed by atoms with van der Waals surface area (Å²) in [5.74, 6) is 0. The molecule has 0 spiro atoms. The lowest BCUT2D eigenvalue weighted by atomic mass is 9.76. The Bertz CT molecular complexity index is 2500. The third kappa shape index (κ3) is 6.03. The predicted molar refractivity (Wildman–Crippen MR) is 237 cm³/mol. The van der Waals surface area contributed by atoms with Crippen molar-refractivity contribution in [2.24, 2.45) is 0 Å². The lowest BCUT2D eigenvalue weighted by molar-refractivity contribution is 0.590. The van der Waals surface area contributed by atoms with E-state index in [0.717, 1.165) is 0 Å². The van der Waals surface area contributed by atoms with Crippen molar-refractivity contribution in [2.75, 3.05) is 0 Å². The number of aryl methyl sites for hydroxylation is 4. The van der Waals surface area contributed by atoms with Gasteiger partial charge in [0.1, 0.15) is 0 Å². The molecule has 0 aromatic heterocycles. The molecule has 0 aliphatic rings. The summed E-state index contributed by atoms with van der Waals surface area (Å²) in [6.07, 6.45) is 0. The molecule has 0 atom stereocenters. The fourth-order valence-electron chi connectivity index (χ4n) is 8.43. The number of fused-ring (bicyclic) bond motifs is 3. The minimum atomic E-state index is 0.0563. The van der Waals surface area contributed by atoms with Crippen LogP contribution in [0.15, 0.2) is 133 Å². The number of rotatable bonds is 4. The molecule has 0 N–H and O–H groups in total. The molecule has 0 heterocycles. The van der Waals surface area contributed by atoms with Gasteiger partial charge in [0, 0.05) is 0 Å². The van der Waals surface area contributed by atoms with Gasteiger partial charge in [0.05, 0.1) is 0 Å². The first-order valence-electron chi connectivity index (χ1n) is 19.5. The highest BCUT2D eigenvalue weighted by Gasteiger charge is 2.27. The lowest BCUT2D eigenvalue weighted by Gasteiger charge is -2.27. The van der Waals surface area contributed by atoms with Crippen LogP contribution in [0.3, 0.4) is 0 Å². The molecule has 8 aromatic rings. The smallest absolute Gasteiger partial charge is 0.000139 e. The molecule has 268 valence electrons. The van der Waals surface area contributed by atoms with Crippen LogP contribution in [0.5, 0.6) is 0 Å². The van der Waals surface area contributed by atoms with Crippen molar-refractivity contribution in [1.29, 1.82) is 0 Å². The van der Waals surface area contributed by atoms with Crippen molar-refractivity contribution >= 4 is 32.3 Å². The second kappa shape index (κ2) is 13.1. The Morgan fingerprint density at radius 3 is 0.778 bits per heavy atom. The second-order valence-electron chi connectivity index (χ2n) is 17.6. The Balaban J connectivity index is 1.73. The van der Waals surface area contributed by atoms with Gasteiger partial charge in [-0.25, -0.2) is 0 Å². The molecule has 0 amide bonds. The van der Waals surface area contributed by atoms with E-state index in [-0.39, 0.29) is 10.8 Å². The van der Waals surface area contributed by atoms with Gasteiger partial charge in [0.25, 0.3) is 0 Å². The van der Waals surface area contributed by atoms with Gasteiger partial charge in [-0.05, 0) is 149 Å². The molecule has 8 aromatic carbocycles. The SMILES string of the molecule is Cc1cc2c(-c3ccccc3)c3c(-c4ccc(C(C)(C)C)cc4)c4cc(C)c(C)cc4c(-c4ccccc4)c3c(-c3ccc(C(C)(C)C)cc3)c2cc1C. The predicted octanol–water partition coefficient (Wildman–Crippen LogP) is 15.6. The Morgan fingerprint density at radius 1 is 0.296 bits per heavy atom. The van der Waals surface area contributed by atoms with Gasteiger partial charge in [-0.3, -0.25) is 0 Å². The zero-order valence-corrected chi connectivity index (χ0v) is 33.7. The average molecular weight is 701 g/mol. The van der Waals surface area contributed by atoms with Crippen LogP contribution in [0.1, 0.15) is 74.9 Å². The van der Waals surface area contributed by atoms with Crippen molar-refractivity contribution in [1.82, 2.24) is 0 Å². The molecular formula is C54H52. The van der Waals surface area contributed by atoms with Crippen LogP contribution in [0.4, 0.5) is 0 Å². The molecular weight excluding hydrogens is 649 g/mol. The quantitative estimate of drug-likeness (QED) is 0.160. The first-order chi connectivity index (χ1) is 25.7. The van der Waals surface area contributed by atoms with Gasteiger partial charge in [0.15, 0.2) is 0 Å². The van der Waals surface area contributed by atoms with Crippen molar-refractivity contribution < 1.29 is 0 Å². The summed E-state index contributed by atoms with van der Waals surface area (Å²) in [6, 6.07) is 51.0. The Morgan fingerprint density at radius 2 is 0.537 bits per heavy atom. The molecule has 0 saturated carbocycles. The van der Waals surface area contributed by atoms with Crippen molar-refractivity contribution in [3.05, 3.63) is 167 Å². The highest BCUT2D eigenvalue weighted by atomic mass is 14.3. The van der Waals surface area contributed by atoms with Gasteiger partial charge >= 0.3 is 0 Å². The zero-order chi connectivity index (χ0) is 38.1. The van der Waals surface area contributed by atoms with Crippen LogP contribution in [0.25, 0.3) is 76.8 Å². The van der Waals surface area contributed by atoms with Crippen molar-refractivity contribution in [2.45, 2.75) is 80.1 Å². The van der Waals surface area contributed by atoms with E-state index in [0.29, 0.717) is 0 Å². The summed E-state index contributed by atoms with van der Waals surface area (Å²) < 4.78 is 0. The molecule has 54 heavy (non-hydrogen) atoms. The molecule has 0 aliphatic heterocycles. The average Bonchev–Trinajstić information content (AvgIpc) is 3.14. The van der Waals surface area contributed by atoms with E-state index in [1.807, 2.05) is 0 Å². The summed E-state index contributed by atoms with van der Waals surface area (Å²) in [4.78, 5) is 0. The highest BCUT2D eigenvalue weighted by molar-refractivity contribution is 6.34. The molecule has 0 heteroatoms. The Kier molecular flexibility index (Phi) is 8.65. The standard InChI is InChI=1S/C54H52/c1-33-29-43-45(31-35(33)3)49(39-21-25-41(26-22-39)53(5,6)7)52-48(38-19-15-12-16-20-38)44-30-34(2)36(4)32-46(44)50(40-23-27-42(28-24-40)54(8,9)10)51(52)47(43)37-17-13-11-14-18-37/h11-32H,1-10H3. The molecule has 0 nitrogen and oxygen atoms in total. The largest absolute Gasteiger partial charge is 0.0622 e. The van der Waals surface area contributed by atoms with E-state index in [2.05, 4.69) is 203 Å². The van der Waals surface area contributed by atoms with Gasteiger partial charge in [-0.2, -0.15) is 0 Å². The van der Waals surface area contributed by atoms with Crippen LogP contribution in [-0.2, 0) is 10.8 Å². The van der Waals surface area contributed by atoms with Crippen LogP contribution in [0, 0.1) is 27.7 Å². The van der Waals surface area contributed by atoms with E-state index in [4.69, 9.17) is 0 Å². The third-order valence-corrected chi connectivity index (χ3v) is 11.8. The normalized spacial score (nSPS) is 12.3. The fourth-order valence-corrected chi connectivity index (χ4v) is 8.43. The zero-order valence-electron chi connectivity index (χ0n) is 33.7. The van der Waals surface area contributed by atoms with E-state index in [9.17, 15) is 0 Å². The summed E-state index contributed by atoms with van der Waals surface area (Å²) in [5, 5.41) is 7.79. The summed E-state index contributed by atoms with van der Waals surface area (Å²) in [7, 11) is 0. The topological polar surface area (TPSA) is 0 Å². The first-order valence-corrected chi connectivity index (χ1v) is 19.5. The number of hydrogen-bond donors (Lipinski definition) is 0. The van der Waals surface area contributed by atoms with Crippen molar-refractivity contribution in [3.8, 4) is 44.5 Å². The second-order valence-corrected chi connectivity index (χ2v) is 17.6. The molecule has 8 rings (SSSR count). The number of benzene rings is 8. The van der Waals surface area contributed by atoms with Crippen LogP contribution in [0.2, 0.25) is 0 Å². The summed E-state index contributed by atoms with van der Waals surface area (Å²) >= 11 is 0. The van der Waals surface area contributed by atoms with Gasteiger partial charge in [0.2, 0.25) is 0 Å². The maximum Gasteiger partial charge on any atom is -0.000139 e. The maximum absolute atomic E-state index is 2.46. The van der Waals surface area contributed by atoms with Gasteiger partial charge in [-0.1, -0.05) is 175 Å². The van der Waals surface area contributed by atoms with E-state index >= 15 is 0 Å². The lowest BCUT2D eigenvalue weighted by Crippen LogP contribution is -2.10. The van der Waals surface area contributed by atoms with E-state index in [1.54, 1.807) is 0 Å². The summed E-state index contributed by atoms with van der Waals surface area (Å²) in [5.41, 5.74) is 18.2. The van der Waals surface area contributed by atoms with Crippen LogP contribution in [-0.4, -0.2) is 0 Å². The van der Waals surface area contributed by atoms with Crippen LogP contribution >= 0.6 is 0 Å². The monoisotopic (exact) mass is 700 g/mol. The Labute approximate surface area is 322 Å². The third-order valence-electron chi connectivity index (χ3n) is 11.8. The highest BCUT2D eigenvalue weighted by Crippen LogP contribution is 2.54. The van der Waals surface area contributed by atoms with Crippen molar-refractivity contribution in [3.63, 3.8) is 0 Å². The molecule has 0 radical (unpaired) electrons. The Hall–Kier alpha value is -5.46. The molecule has 0 fully saturated rings. The van der Waals surface area contributed by atoms with E-state index in [1.165, 1.54) is 110 Å². The summed E-state index contributed by atoms with van der Waals surface area (Å²) in [6.45, 7) is 22.9. The van der Waals surface area contributed by atoms with E-state index < -0.39 is 0 Å². The minimum absolute atomic E-state index is 0.0563. The maximum atomic E-state index is 2.46. The molecule has 0 bridgehead atoms. The molecule has 0 aliphatic carbocycles.